The van der Waals surface area contributed by atoms with Crippen LogP contribution >= 0.6 is 0 Å². The summed E-state index contributed by atoms with van der Waals surface area (Å²) in [6.45, 7) is 7.74. The molecule has 1 atom stereocenters. The van der Waals surface area contributed by atoms with Crippen LogP contribution in [0.3, 0.4) is 0 Å². The average molecular weight is 254 g/mol. The molecule has 6 nitrogen and oxygen atoms in total. The molecule has 102 valence electrons. The summed E-state index contributed by atoms with van der Waals surface area (Å²) in [6, 6.07) is -0.179. The molecule has 0 aliphatic heterocycles. The highest BCUT2D eigenvalue weighted by Gasteiger charge is 2.19. The van der Waals surface area contributed by atoms with Crippen LogP contribution in [0, 0.1) is 6.92 Å². The number of carbonyl (C=O) groups is 1. The summed E-state index contributed by atoms with van der Waals surface area (Å²) in [7, 11) is 0. The highest BCUT2D eigenvalue weighted by Crippen LogP contribution is 2.08. The summed E-state index contributed by atoms with van der Waals surface area (Å²) in [5.74, 6) is 0. The lowest BCUT2D eigenvalue weighted by Crippen LogP contribution is -2.44. The van der Waals surface area contributed by atoms with E-state index in [1.807, 2.05) is 27.7 Å². The van der Waals surface area contributed by atoms with Crippen molar-refractivity contribution in [2.75, 3.05) is 6.54 Å². The Morgan fingerprint density at radius 2 is 2.28 bits per heavy atom. The van der Waals surface area contributed by atoms with Crippen LogP contribution in [-0.4, -0.2) is 34.2 Å². The van der Waals surface area contributed by atoms with Crippen LogP contribution < -0.4 is 11.1 Å². The number of H-pyrrole nitrogens is 1. The molecule has 1 aromatic heterocycles. The largest absolute Gasteiger partial charge is 0.444 e. The Morgan fingerprint density at radius 1 is 1.61 bits per heavy atom. The van der Waals surface area contributed by atoms with Gasteiger partial charge in [0, 0.05) is 24.7 Å². The highest BCUT2D eigenvalue weighted by molar-refractivity contribution is 5.68. The van der Waals surface area contributed by atoms with Gasteiger partial charge in [-0.3, -0.25) is 0 Å². The molecule has 1 heterocycles. The number of nitrogens with two attached hydrogens (primary N) is 1. The first-order chi connectivity index (χ1) is 8.31. The quantitative estimate of drug-likeness (QED) is 0.750. The maximum atomic E-state index is 11.6. The van der Waals surface area contributed by atoms with Crippen molar-refractivity contribution in [1.29, 1.82) is 0 Å². The van der Waals surface area contributed by atoms with Gasteiger partial charge in [0.15, 0.2) is 0 Å². The van der Waals surface area contributed by atoms with Gasteiger partial charge in [0.05, 0.1) is 12.0 Å². The van der Waals surface area contributed by atoms with Gasteiger partial charge in [-0.05, 0) is 27.7 Å². The third-order valence-corrected chi connectivity index (χ3v) is 2.38. The van der Waals surface area contributed by atoms with E-state index in [1.165, 1.54) is 0 Å². The van der Waals surface area contributed by atoms with Crippen LogP contribution in [0.4, 0.5) is 4.79 Å². The van der Waals surface area contributed by atoms with Crippen molar-refractivity contribution in [3.8, 4) is 0 Å². The van der Waals surface area contributed by atoms with Crippen molar-refractivity contribution < 1.29 is 9.53 Å². The van der Waals surface area contributed by atoms with Crippen LogP contribution in [0.2, 0.25) is 0 Å². The van der Waals surface area contributed by atoms with Gasteiger partial charge in [-0.2, -0.15) is 0 Å². The molecule has 0 aromatic carbocycles. The molecular formula is C12H22N4O2. The van der Waals surface area contributed by atoms with E-state index >= 15 is 0 Å². The molecule has 1 aromatic rings. The zero-order chi connectivity index (χ0) is 13.8. The molecule has 6 heteroatoms. The SMILES string of the molecule is Cc1[nH]cnc1CC(CN)NC(=O)OC(C)(C)C. The first kappa shape index (κ1) is 14.5. The third kappa shape index (κ3) is 4.75. The first-order valence-electron chi connectivity index (χ1n) is 6.00. The van der Waals surface area contributed by atoms with Gasteiger partial charge in [-0.15, -0.1) is 0 Å². The fourth-order valence-corrected chi connectivity index (χ4v) is 1.49. The van der Waals surface area contributed by atoms with E-state index in [2.05, 4.69) is 15.3 Å². The monoisotopic (exact) mass is 254 g/mol. The lowest BCUT2D eigenvalue weighted by molar-refractivity contribution is 0.0505. The van der Waals surface area contributed by atoms with Crippen molar-refractivity contribution >= 4 is 6.09 Å². The molecule has 4 N–H and O–H groups in total. The third-order valence-electron chi connectivity index (χ3n) is 2.38. The van der Waals surface area contributed by atoms with Gasteiger partial charge in [-0.1, -0.05) is 0 Å². The summed E-state index contributed by atoms with van der Waals surface area (Å²) in [6.07, 6.45) is 1.77. The number of aromatic amines is 1. The zero-order valence-corrected chi connectivity index (χ0v) is 11.4. The van der Waals surface area contributed by atoms with Gasteiger partial charge < -0.3 is 20.8 Å². The van der Waals surface area contributed by atoms with Crippen LogP contribution in [-0.2, 0) is 11.2 Å². The lowest BCUT2D eigenvalue weighted by Gasteiger charge is -2.22. The fourth-order valence-electron chi connectivity index (χ4n) is 1.49. The normalized spacial score (nSPS) is 13.2. The Bertz CT molecular complexity index is 395. The topological polar surface area (TPSA) is 93.0 Å². The Balaban J connectivity index is 2.52. The number of rotatable bonds is 4. The van der Waals surface area contributed by atoms with E-state index in [0.717, 1.165) is 11.4 Å². The van der Waals surface area contributed by atoms with E-state index in [0.29, 0.717) is 13.0 Å². The molecule has 0 radical (unpaired) electrons. The lowest BCUT2D eigenvalue weighted by atomic mass is 10.1. The Kier molecular flexibility index (Phi) is 4.72. The molecule has 0 fully saturated rings. The molecule has 0 spiro atoms. The number of alkyl carbamates (subject to hydrolysis) is 1. The maximum Gasteiger partial charge on any atom is 0.407 e. The summed E-state index contributed by atoms with van der Waals surface area (Å²) in [5.41, 5.74) is 7.02. The van der Waals surface area contributed by atoms with Gasteiger partial charge in [0.1, 0.15) is 5.60 Å². The van der Waals surface area contributed by atoms with Crippen LogP contribution in [0.25, 0.3) is 0 Å². The summed E-state index contributed by atoms with van der Waals surface area (Å²) in [4.78, 5) is 18.8. The van der Waals surface area contributed by atoms with Crippen LogP contribution in [0.1, 0.15) is 32.2 Å². The summed E-state index contributed by atoms with van der Waals surface area (Å²) < 4.78 is 5.19. The van der Waals surface area contributed by atoms with Gasteiger partial charge in [0.2, 0.25) is 0 Å². The second kappa shape index (κ2) is 5.86. The first-order valence-corrected chi connectivity index (χ1v) is 6.00. The minimum absolute atomic E-state index is 0.179. The predicted molar refractivity (Wildman–Crippen MR) is 69.2 cm³/mol. The van der Waals surface area contributed by atoms with Crippen LogP contribution in [0.5, 0.6) is 0 Å². The number of carbonyl (C=O) groups excluding carboxylic acids is 1. The van der Waals surface area contributed by atoms with Crippen molar-refractivity contribution in [3.05, 3.63) is 17.7 Å². The number of aryl methyl sites for hydroxylation is 1. The number of imidazole rings is 1. The number of nitrogens with one attached hydrogen (secondary N) is 2. The fraction of sp³-hybridized carbons (Fsp3) is 0.667. The molecule has 1 amide bonds. The number of hydrogen-bond acceptors (Lipinski definition) is 4. The van der Waals surface area contributed by atoms with E-state index < -0.39 is 11.7 Å². The number of hydrogen-bond donors (Lipinski definition) is 3. The second-order valence-electron chi connectivity index (χ2n) is 5.26. The number of amides is 1. The second-order valence-corrected chi connectivity index (χ2v) is 5.26. The minimum atomic E-state index is -0.508. The predicted octanol–water partition coefficient (Wildman–Crippen LogP) is 1.11. The minimum Gasteiger partial charge on any atom is -0.444 e. The van der Waals surface area contributed by atoms with Gasteiger partial charge in [0.25, 0.3) is 0 Å². The molecule has 18 heavy (non-hydrogen) atoms. The van der Waals surface area contributed by atoms with E-state index in [1.54, 1.807) is 6.33 Å². The van der Waals surface area contributed by atoms with Crippen molar-refractivity contribution in [2.24, 2.45) is 5.73 Å². The number of nitrogens with zero attached hydrogens (tertiary/aromatic N) is 1. The highest BCUT2D eigenvalue weighted by atomic mass is 16.6. The standard InChI is InChI=1S/C12H22N4O2/c1-8-10(15-7-14-8)5-9(6-13)16-11(17)18-12(2,3)4/h7,9H,5-6,13H2,1-4H3,(H,14,15)(H,16,17). The van der Waals surface area contributed by atoms with Gasteiger partial charge in [-0.25, -0.2) is 9.78 Å². The van der Waals surface area contributed by atoms with Crippen molar-refractivity contribution in [2.45, 2.75) is 45.8 Å². The number of ether oxygens (including phenoxy) is 1. The maximum absolute atomic E-state index is 11.6. The molecule has 0 aliphatic carbocycles. The zero-order valence-electron chi connectivity index (χ0n) is 11.4. The molecule has 0 bridgehead atoms. The van der Waals surface area contributed by atoms with E-state index in [4.69, 9.17) is 10.5 Å². The van der Waals surface area contributed by atoms with E-state index in [9.17, 15) is 4.79 Å². The molecule has 0 aliphatic rings. The Labute approximate surface area is 107 Å². The molecule has 1 rings (SSSR count). The van der Waals surface area contributed by atoms with Gasteiger partial charge >= 0.3 is 6.09 Å². The summed E-state index contributed by atoms with van der Waals surface area (Å²) in [5, 5.41) is 2.75. The van der Waals surface area contributed by atoms with E-state index in [-0.39, 0.29) is 6.04 Å². The molecule has 0 saturated carbocycles. The average Bonchev–Trinajstić information content (AvgIpc) is 2.60. The Hall–Kier alpha value is -1.56. The summed E-state index contributed by atoms with van der Waals surface area (Å²) >= 11 is 0. The molecule has 1 unspecified atom stereocenters. The number of aromatic nitrogens is 2. The smallest absolute Gasteiger partial charge is 0.407 e. The molecule has 0 saturated heterocycles. The van der Waals surface area contributed by atoms with Crippen LogP contribution in [0.15, 0.2) is 6.33 Å². The Morgan fingerprint density at radius 3 is 2.72 bits per heavy atom. The molecular weight excluding hydrogens is 232 g/mol. The van der Waals surface area contributed by atoms with Crippen molar-refractivity contribution in [3.63, 3.8) is 0 Å². The van der Waals surface area contributed by atoms with Crippen molar-refractivity contribution in [1.82, 2.24) is 15.3 Å².